The number of aromatic nitrogens is 2. The first-order chi connectivity index (χ1) is 15.1. The predicted molar refractivity (Wildman–Crippen MR) is 113 cm³/mol. The van der Waals surface area contributed by atoms with E-state index in [1.807, 2.05) is 18.2 Å². The normalized spacial score (nSPS) is 16.0. The van der Waals surface area contributed by atoms with E-state index < -0.39 is 5.91 Å². The Morgan fingerprint density at radius 1 is 1.10 bits per heavy atom. The van der Waals surface area contributed by atoms with E-state index in [1.165, 1.54) is 0 Å². The number of piperidine rings is 1. The second-order valence-corrected chi connectivity index (χ2v) is 8.10. The number of anilines is 1. The molecule has 9 nitrogen and oxygen atoms in total. The maximum absolute atomic E-state index is 12.9. The fourth-order valence-corrected chi connectivity index (χ4v) is 4.06. The molecule has 4 rings (SSSR count). The highest BCUT2D eigenvalue weighted by atomic mass is 32.1. The largest absolute Gasteiger partial charge is 0.467 e. The van der Waals surface area contributed by atoms with Gasteiger partial charge in [0, 0.05) is 18.8 Å². The lowest BCUT2D eigenvalue weighted by molar-refractivity contribution is -0.126. The Hall–Kier alpha value is -3.53. The monoisotopic (exact) mass is 439 g/mol. The number of carbonyl (C=O) groups excluding carboxylic acids is 3. The lowest BCUT2D eigenvalue weighted by Gasteiger charge is -2.31. The molecule has 3 heterocycles. The third-order valence-corrected chi connectivity index (χ3v) is 5.84. The van der Waals surface area contributed by atoms with E-state index in [0.29, 0.717) is 43.9 Å². The summed E-state index contributed by atoms with van der Waals surface area (Å²) in [6.07, 6.45) is 2.97. The van der Waals surface area contributed by atoms with Crippen molar-refractivity contribution in [1.29, 1.82) is 0 Å². The van der Waals surface area contributed by atoms with Gasteiger partial charge >= 0.3 is 0 Å². The van der Waals surface area contributed by atoms with Crippen LogP contribution in [0, 0.1) is 5.92 Å². The molecular formula is C21H21N5O4S. The number of benzene rings is 1. The number of likely N-dealkylation sites (tertiary alicyclic amines) is 1. The molecule has 0 radical (unpaired) electrons. The second kappa shape index (κ2) is 9.52. The number of nitrogens with one attached hydrogen (secondary N) is 2. The number of hydrogen-bond donors (Lipinski definition) is 2. The van der Waals surface area contributed by atoms with E-state index in [1.54, 1.807) is 35.4 Å². The summed E-state index contributed by atoms with van der Waals surface area (Å²) in [6, 6.07) is 12.5. The van der Waals surface area contributed by atoms with E-state index >= 15 is 0 Å². The lowest BCUT2D eigenvalue weighted by Crippen LogP contribution is -2.45. The first-order valence-electron chi connectivity index (χ1n) is 9.89. The molecule has 10 heteroatoms. The molecule has 31 heavy (non-hydrogen) atoms. The van der Waals surface area contributed by atoms with Gasteiger partial charge in [-0.05, 0) is 37.1 Å². The molecule has 0 unspecified atom stereocenters. The summed E-state index contributed by atoms with van der Waals surface area (Å²) >= 11 is 0.942. The van der Waals surface area contributed by atoms with Crippen molar-refractivity contribution in [2.45, 2.75) is 19.4 Å². The Balaban J connectivity index is 1.34. The van der Waals surface area contributed by atoms with Crippen molar-refractivity contribution < 1.29 is 18.8 Å². The van der Waals surface area contributed by atoms with E-state index in [9.17, 15) is 14.4 Å². The topological polar surface area (TPSA) is 117 Å². The van der Waals surface area contributed by atoms with E-state index in [4.69, 9.17) is 4.42 Å². The quantitative estimate of drug-likeness (QED) is 0.610. The predicted octanol–water partition coefficient (Wildman–Crippen LogP) is 2.55. The van der Waals surface area contributed by atoms with Crippen molar-refractivity contribution in [2.24, 2.45) is 5.92 Å². The molecule has 0 saturated carbocycles. The van der Waals surface area contributed by atoms with Gasteiger partial charge in [0.2, 0.25) is 15.9 Å². The summed E-state index contributed by atoms with van der Waals surface area (Å²) in [6.45, 7) is 1.15. The van der Waals surface area contributed by atoms with Crippen LogP contribution >= 0.6 is 11.3 Å². The molecule has 1 aromatic carbocycles. The summed E-state index contributed by atoms with van der Waals surface area (Å²) in [4.78, 5) is 39.3. The molecule has 160 valence electrons. The highest BCUT2D eigenvalue weighted by molar-refractivity contribution is 7.15. The SMILES string of the molecule is O=C(Nc1ccccc1)c1nnc(C(=O)N2CCC[C@H](C(=O)NCc3ccco3)C2)s1. The van der Waals surface area contributed by atoms with Crippen LogP contribution in [0.1, 0.15) is 38.2 Å². The van der Waals surface area contributed by atoms with Gasteiger partial charge in [-0.1, -0.05) is 29.5 Å². The number of hydrogen-bond acceptors (Lipinski definition) is 7. The van der Waals surface area contributed by atoms with Crippen LogP contribution < -0.4 is 10.6 Å². The van der Waals surface area contributed by atoms with Gasteiger partial charge in [-0.15, -0.1) is 10.2 Å². The zero-order valence-electron chi connectivity index (χ0n) is 16.6. The molecule has 0 aliphatic carbocycles. The zero-order valence-corrected chi connectivity index (χ0v) is 17.4. The number of carbonyl (C=O) groups is 3. The van der Waals surface area contributed by atoms with Crippen LogP contribution in [0.15, 0.2) is 53.1 Å². The fraction of sp³-hybridized carbons (Fsp3) is 0.286. The van der Waals surface area contributed by atoms with Gasteiger partial charge in [0.1, 0.15) is 5.76 Å². The fourth-order valence-electron chi connectivity index (χ4n) is 3.35. The van der Waals surface area contributed by atoms with Crippen molar-refractivity contribution in [2.75, 3.05) is 18.4 Å². The molecular weight excluding hydrogens is 418 g/mol. The maximum atomic E-state index is 12.9. The average Bonchev–Trinajstić information content (AvgIpc) is 3.50. The van der Waals surface area contributed by atoms with Crippen LogP contribution in [0.4, 0.5) is 5.69 Å². The number of amides is 3. The van der Waals surface area contributed by atoms with Gasteiger partial charge in [-0.2, -0.15) is 0 Å². The molecule has 1 atom stereocenters. The van der Waals surface area contributed by atoms with Gasteiger partial charge in [-0.25, -0.2) is 0 Å². The molecule has 2 N–H and O–H groups in total. The van der Waals surface area contributed by atoms with Crippen molar-refractivity contribution in [1.82, 2.24) is 20.4 Å². The van der Waals surface area contributed by atoms with E-state index in [0.717, 1.165) is 11.3 Å². The van der Waals surface area contributed by atoms with Crippen molar-refractivity contribution >= 4 is 34.7 Å². The van der Waals surface area contributed by atoms with Gasteiger partial charge in [0.05, 0.1) is 18.7 Å². The smallest absolute Gasteiger partial charge is 0.286 e. The summed E-state index contributed by atoms with van der Waals surface area (Å²) in [5, 5.41) is 13.6. The second-order valence-electron chi connectivity index (χ2n) is 7.12. The van der Waals surface area contributed by atoms with Crippen LogP contribution in [0.25, 0.3) is 0 Å². The Labute approximate surface area is 182 Å². The van der Waals surface area contributed by atoms with Crippen LogP contribution in [0.2, 0.25) is 0 Å². The Bertz CT molecular complexity index is 1050. The summed E-state index contributed by atoms with van der Waals surface area (Å²) in [5.74, 6) is -0.487. The van der Waals surface area contributed by atoms with Crippen LogP contribution in [0.5, 0.6) is 0 Å². The van der Waals surface area contributed by atoms with Gasteiger partial charge < -0.3 is 20.0 Å². The lowest BCUT2D eigenvalue weighted by atomic mass is 9.97. The molecule has 1 aliphatic rings. The summed E-state index contributed by atoms with van der Waals surface area (Å²) in [5.41, 5.74) is 0.634. The van der Waals surface area contributed by atoms with E-state index in [2.05, 4.69) is 20.8 Å². The highest BCUT2D eigenvalue weighted by Gasteiger charge is 2.31. The molecule has 2 aromatic heterocycles. The molecule has 0 spiro atoms. The van der Waals surface area contributed by atoms with Crippen molar-refractivity contribution in [3.8, 4) is 0 Å². The average molecular weight is 439 g/mol. The Morgan fingerprint density at radius 3 is 2.68 bits per heavy atom. The minimum atomic E-state index is -0.420. The van der Waals surface area contributed by atoms with Gasteiger partial charge in [-0.3, -0.25) is 14.4 Å². The molecule has 0 bridgehead atoms. The highest BCUT2D eigenvalue weighted by Crippen LogP contribution is 2.21. The zero-order chi connectivity index (χ0) is 21.6. The van der Waals surface area contributed by atoms with Gasteiger partial charge in [0.15, 0.2) is 0 Å². The summed E-state index contributed by atoms with van der Waals surface area (Å²) < 4.78 is 5.22. The number of rotatable bonds is 6. The Kier molecular flexibility index (Phi) is 6.37. The number of nitrogens with zero attached hydrogens (tertiary/aromatic N) is 3. The van der Waals surface area contributed by atoms with Crippen LogP contribution in [-0.4, -0.2) is 45.9 Å². The van der Waals surface area contributed by atoms with Crippen molar-refractivity contribution in [3.63, 3.8) is 0 Å². The maximum Gasteiger partial charge on any atom is 0.286 e. The number of para-hydroxylation sites is 1. The standard InChI is InChI=1S/C21H21N5O4S/c27-17(22-12-16-9-5-11-30-16)14-6-4-10-26(13-14)21(29)20-25-24-19(31-20)18(28)23-15-7-2-1-3-8-15/h1-3,5,7-9,11,14H,4,6,10,12-13H2,(H,22,27)(H,23,28)/t14-/m0/s1. The van der Waals surface area contributed by atoms with Crippen LogP contribution in [-0.2, 0) is 11.3 Å². The molecule has 3 aromatic rings. The van der Waals surface area contributed by atoms with E-state index in [-0.39, 0.29) is 27.7 Å². The summed E-state index contributed by atoms with van der Waals surface area (Å²) in [7, 11) is 0. The first kappa shape index (κ1) is 20.7. The third kappa shape index (κ3) is 5.15. The first-order valence-corrected chi connectivity index (χ1v) is 10.7. The van der Waals surface area contributed by atoms with Crippen molar-refractivity contribution in [3.05, 3.63) is 64.5 Å². The van der Waals surface area contributed by atoms with Gasteiger partial charge in [0.25, 0.3) is 11.8 Å². The van der Waals surface area contributed by atoms with Crippen LogP contribution in [0.3, 0.4) is 0 Å². The molecule has 1 fully saturated rings. The molecule has 1 saturated heterocycles. The number of furan rings is 1. The minimum Gasteiger partial charge on any atom is -0.467 e. The molecule has 3 amide bonds. The third-order valence-electron chi connectivity index (χ3n) is 4.93. The Morgan fingerprint density at radius 2 is 1.90 bits per heavy atom. The molecule has 1 aliphatic heterocycles. The minimum absolute atomic E-state index is 0.108.